The molecular weight excluding hydrogens is 408 g/mol. The quantitative estimate of drug-likeness (QED) is 0.139. The van der Waals surface area contributed by atoms with Gasteiger partial charge in [-0.15, -0.1) is 0 Å². The van der Waals surface area contributed by atoms with Gasteiger partial charge in [0, 0.05) is 24.4 Å². The van der Waals surface area contributed by atoms with E-state index in [0.717, 1.165) is 31.2 Å². The van der Waals surface area contributed by atoms with E-state index in [2.05, 4.69) is 48.1 Å². The van der Waals surface area contributed by atoms with Gasteiger partial charge >= 0.3 is 12.0 Å². The highest BCUT2D eigenvalue weighted by atomic mass is 16.5. The fourth-order valence-corrected chi connectivity index (χ4v) is 3.99. The number of rotatable bonds is 17. The molecule has 180 valence electrons. The number of carbonyl (C=O) groups is 1. The first-order valence-corrected chi connectivity index (χ1v) is 13.0. The van der Waals surface area contributed by atoms with E-state index >= 15 is 0 Å². The zero-order valence-corrected chi connectivity index (χ0v) is 20.7. The largest absolute Gasteiger partial charge is 0.388 e. The summed E-state index contributed by atoms with van der Waals surface area (Å²) in [5, 5.41) is 0. The van der Waals surface area contributed by atoms with Gasteiger partial charge in [-0.1, -0.05) is 114 Å². The van der Waals surface area contributed by atoms with Crippen molar-refractivity contribution in [2.45, 2.75) is 103 Å². The summed E-state index contributed by atoms with van der Waals surface area (Å²) in [4.78, 5) is 20.8. The summed E-state index contributed by atoms with van der Waals surface area (Å²) in [5.74, 6) is -0.216. The lowest BCUT2D eigenvalue weighted by Crippen LogP contribution is -2.08. The summed E-state index contributed by atoms with van der Waals surface area (Å²) >= 11 is 0. The lowest BCUT2D eigenvalue weighted by atomic mass is 9.92. The molecule has 0 radical (unpaired) electrons. The Bertz CT molecular complexity index is 787. The minimum atomic E-state index is -0.425. The monoisotopic (exact) mass is 450 g/mol. The van der Waals surface area contributed by atoms with E-state index in [4.69, 9.17) is 4.74 Å². The van der Waals surface area contributed by atoms with Crippen molar-refractivity contribution in [2.24, 2.45) is 0 Å². The molecule has 4 heteroatoms. The van der Waals surface area contributed by atoms with Crippen LogP contribution in [0.1, 0.15) is 108 Å². The molecule has 1 aromatic carbocycles. The number of aryl methyl sites for hydroxylation is 1. The summed E-state index contributed by atoms with van der Waals surface area (Å²) in [5.41, 5.74) is 2.32. The maximum absolute atomic E-state index is 12.4. The van der Waals surface area contributed by atoms with Crippen molar-refractivity contribution in [3.63, 3.8) is 0 Å². The predicted octanol–water partition coefficient (Wildman–Crippen LogP) is 7.99. The highest BCUT2D eigenvalue weighted by Crippen LogP contribution is 2.24. The lowest BCUT2D eigenvalue weighted by Gasteiger charge is -2.13. The van der Waals surface area contributed by atoms with Crippen molar-refractivity contribution < 1.29 is 9.53 Å². The number of allylic oxidation sites excluding steroid dienone is 1. The number of benzene rings is 1. The fourth-order valence-electron chi connectivity index (χ4n) is 3.99. The number of hydrogen-bond acceptors (Lipinski definition) is 4. The maximum atomic E-state index is 12.4. The number of unbranched alkanes of at least 4 members (excludes halogenated alkanes) is 9. The normalized spacial score (nSPS) is 12.2. The highest BCUT2D eigenvalue weighted by Gasteiger charge is 2.10. The minimum Gasteiger partial charge on any atom is -0.388 e. The summed E-state index contributed by atoms with van der Waals surface area (Å²) in [6, 6.07) is 10.5. The first-order chi connectivity index (χ1) is 16.2. The molecule has 0 aliphatic heterocycles. The van der Waals surface area contributed by atoms with Crippen LogP contribution in [0.25, 0.3) is 0 Å². The van der Waals surface area contributed by atoms with Crippen LogP contribution in [0.5, 0.6) is 6.01 Å². The third-order valence-corrected chi connectivity index (χ3v) is 6.00. The molecule has 0 spiro atoms. The van der Waals surface area contributed by atoms with Crippen LogP contribution in [0.4, 0.5) is 0 Å². The van der Waals surface area contributed by atoms with Crippen molar-refractivity contribution in [1.82, 2.24) is 9.97 Å². The first kappa shape index (κ1) is 26.8. The molecule has 1 unspecified atom stereocenters. The Labute approximate surface area is 200 Å². The molecule has 2 aromatic rings. The molecule has 1 heterocycles. The minimum absolute atomic E-state index is 0.117. The van der Waals surface area contributed by atoms with Crippen LogP contribution in [-0.4, -0.2) is 15.9 Å². The van der Waals surface area contributed by atoms with E-state index in [1.807, 2.05) is 12.1 Å². The predicted molar refractivity (Wildman–Crippen MR) is 136 cm³/mol. The van der Waals surface area contributed by atoms with Crippen LogP contribution in [-0.2, 0) is 11.2 Å². The molecule has 0 saturated carbocycles. The third-order valence-electron chi connectivity index (χ3n) is 6.00. The van der Waals surface area contributed by atoms with E-state index in [1.54, 1.807) is 12.4 Å². The Morgan fingerprint density at radius 2 is 1.45 bits per heavy atom. The van der Waals surface area contributed by atoms with Crippen molar-refractivity contribution in [3.8, 4) is 6.01 Å². The molecule has 1 aromatic heterocycles. The van der Waals surface area contributed by atoms with E-state index in [9.17, 15) is 4.79 Å². The fraction of sp³-hybridized carbons (Fsp3) is 0.552. The molecule has 0 aliphatic carbocycles. The van der Waals surface area contributed by atoms with Gasteiger partial charge in [-0.05, 0) is 30.4 Å². The van der Waals surface area contributed by atoms with Gasteiger partial charge in [-0.2, -0.15) is 0 Å². The van der Waals surface area contributed by atoms with Crippen molar-refractivity contribution in [1.29, 1.82) is 0 Å². The molecule has 2 rings (SSSR count). The van der Waals surface area contributed by atoms with Gasteiger partial charge in [0.2, 0.25) is 0 Å². The number of esters is 1. The molecule has 0 fully saturated rings. The van der Waals surface area contributed by atoms with Gasteiger partial charge in [0.1, 0.15) is 0 Å². The average molecular weight is 451 g/mol. The molecule has 0 aliphatic rings. The van der Waals surface area contributed by atoms with Crippen LogP contribution >= 0.6 is 0 Å². The number of hydrogen-bond donors (Lipinski definition) is 0. The van der Waals surface area contributed by atoms with Crippen LogP contribution in [0.15, 0.2) is 54.9 Å². The summed E-state index contributed by atoms with van der Waals surface area (Å²) < 4.78 is 5.34. The smallest absolute Gasteiger partial charge is 0.338 e. The number of nitrogens with zero attached hydrogens (tertiary/aromatic N) is 2. The van der Waals surface area contributed by atoms with E-state index in [1.165, 1.54) is 69.4 Å². The second kappa shape index (κ2) is 17.0. The zero-order valence-electron chi connectivity index (χ0n) is 20.7. The Hall–Kier alpha value is -2.49. The molecule has 0 N–H and O–H groups in total. The van der Waals surface area contributed by atoms with Gasteiger partial charge in [0.05, 0.1) is 0 Å². The Kier molecular flexibility index (Phi) is 13.8. The molecule has 4 nitrogen and oxygen atoms in total. The standard InChI is InChI=1S/C29H42N2O2/c1-3-5-7-9-11-14-20-27(26-18-15-12-16-19-26)21-22-28(32)33-29-30-23-25(24-31-29)17-13-10-8-6-4-2/h12,15-16,18-19,21-24,27H,3-11,13-14,17,20H2,1-2H3. The highest BCUT2D eigenvalue weighted by molar-refractivity contribution is 5.83. The Balaban J connectivity index is 1.82. The van der Waals surface area contributed by atoms with Crippen LogP contribution in [0.3, 0.4) is 0 Å². The lowest BCUT2D eigenvalue weighted by molar-refractivity contribution is -0.129. The van der Waals surface area contributed by atoms with Gasteiger partial charge in [-0.3, -0.25) is 0 Å². The Morgan fingerprint density at radius 3 is 2.12 bits per heavy atom. The second-order valence-electron chi connectivity index (χ2n) is 8.89. The maximum Gasteiger partial charge on any atom is 0.338 e. The van der Waals surface area contributed by atoms with Crippen molar-refractivity contribution in [3.05, 3.63) is 66.0 Å². The first-order valence-electron chi connectivity index (χ1n) is 13.0. The zero-order chi connectivity index (χ0) is 23.6. The molecule has 0 amide bonds. The van der Waals surface area contributed by atoms with E-state index in [-0.39, 0.29) is 11.9 Å². The number of ether oxygens (including phenoxy) is 1. The molecule has 0 saturated heterocycles. The summed E-state index contributed by atoms with van der Waals surface area (Å²) in [6.45, 7) is 4.46. The molecule has 0 bridgehead atoms. The SMILES string of the molecule is CCCCCCCCC(C=CC(=O)Oc1ncc(CCCCCCC)cn1)c1ccccc1. The van der Waals surface area contributed by atoms with Crippen LogP contribution < -0.4 is 4.74 Å². The van der Waals surface area contributed by atoms with E-state index < -0.39 is 5.97 Å². The number of aromatic nitrogens is 2. The molecule has 1 atom stereocenters. The van der Waals surface area contributed by atoms with Gasteiger partial charge < -0.3 is 4.74 Å². The molecular formula is C29H42N2O2. The molecule has 33 heavy (non-hydrogen) atoms. The van der Waals surface area contributed by atoms with Gasteiger partial charge in [0.25, 0.3) is 0 Å². The second-order valence-corrected chi connectivity index (χ2v) is 8.89. The average Bonchev–Trinajstić information content (AvgIpc) is 2.84. The summed E-state index contributed by atoms with van der Waals surface area (Å²) in [7, 11) is 0. The van der Waals surface area contributed by atoms with Gasteiger partial charge in [0.15, 0.2) is 0 Å². The van der Waals surface area contributed by atoms with Crippen LogP contribution in [0.2, 0.25) is 0 Å². The summed E-state index contributed by atoms with van der Waals surface area (Å²) in [6.07, 6.45) is 22.8. The van der Waals surface area contributed by atoms with Crippen LogP contribution in [0, 0.1) is 0 Å². The van der Waals surface area contributed by atoms with Crippen molar-refractivity contribution in [2.75, 3.05) is 0 Å². The Morgan fingerprint density at radius 1 is 0.848 bits per heavy atom. The van der Waals surface area contributed by atoms with Crippen molar-refractivity contribution >= 4 is 5.97 Å². The topological polar surface area (TPSA) is 52.1 Å². The van der Waals surface area contributed by atoms with E-state index in [0.29, 0.717) is 0 Å². The number of carbonyl (C=O) groups excluding carboxylic acids is 1. The third kappa shape index (κ3) is 11.8. The van der Waals surface area contributed by atoms with Gasteiger partial charge in [-0.25, -0.2) is 14.8 Å².